The lowest BCUT2D eigenvalue weighted by Crippen LogP contribution is -2.32. The molecule has 0 amide bonds. The van der Waals surface area contributed by atoms with Gasteiger partial charge in [0.05, 0.1) is 11.7 Å². The summed E-state index contributed by atoms with van der Waals surface area (Å²) in [5.41, 5.74) is 4.21. The van der Waals surface area contributed by atoms with Crippen molar-refractivity contribution in [2.24, 2.45) is 0 Å². The second-order valence-electron chi connectivity index (χ2n) is 4.05. The molecular weight excluding hydrogens is 220 g/mol. The largest absolute Gasteiger partial charge is 0.347 e. The monoisotopic (exact) mass is 233 g/mol. The summed E-state index contributed by atoms with van der Waals surface area (Å²) >= 11 is 1.64. The standard InChI is InChI=1S/C11H13N4S/c1-8(11-12-3-4-13-11)15-5-2-9-10(6-15)16-7-14-9/h3-4,8H,2,5-6H2,1H3,(H,12,13). The van der Waals surface area contributed by atoms with E-state index in [0.29, 0.717) is 6.04 Å². The lowest BCUT2D eigenvalue weighted by atomic mass is 10.1. The molecule has 0 saturated heterocycles. The first kappa shape index (κ1) is 9.99. The zero-order valence-corrected chi connectivity index (χ0v) is 9.92. The first-order chi connectivity index (χ1) is 7.84. The average molecular weight is 233 g/mol. The van der Waals surface area contributed by atoms with Gasteiger partial charge in [-0.2, -0.15) is 0 Å². The molecule has 16 heavy (non-hydrogen) atoms. The Bertz CT molecular complexity index is 462. The van der Waals surface area contributed by atoms with E-state index in [2.05, 4.69) is 32.3 Å². The van der Waals surface area contributed by atoms with Crippen molar-refractivity contribution in [1.82, 2.24) is 19.9 Å². The third kappa shape index (κ3) is 1.66. The summed E-state index contributed by atoms with van der Waals surface area (Å²) in [5, 5.41) is 0. The number of H-pyrrole nitrogens is 1. The Labute approximate surface area is 98.4 Å². The van der Waals surface area contributed by atoms with Crippen LogP contribution in [0.5, 0.6) is 0 Å². The third-order valence-electron chi connectivity index (χ3n) is 3.12. The van der Waals surface area contributed by atoms with E-state index in [1.54, 1.807) is 11.3 Å². The van der Waals surface area contributed by atoms with E-state index in [4.69, 9.17) is 0 Å². The van der Waals surface area contributed by atoms with Crippen LogP contribution in [0, 0.1) is 5.51 Å². The SMILES string of the molecule is CC(c1ncc[nH]1)N1CCc2n[c]sc2C1. The van der Waals surface area contributed by atoms with Crippen LogP contribution >= 0.6 is 11.3 Å². The minimum absolute atomic E-state index is 0.338. The zero-order chi connectivity index (χ0) is 11.0. The normalized spacial score (nSPS) is 18.3. The van der Waals surface area contributed by atoms with Gasteiger partial charge in [-0.3, -0.25) is 4.90 Å². The number of rotatable bonds is 2. The molecular formula is C11H13N4S. The molecule has 2 aromatic heterocycles. The molecule has 3 heterocycles. The Kier molecular flexibility index (Phi) is 2.49. The van der Waals surface area contributed by atoms with E-state index in [9.17, 15) is 0 Å². The van der Waals surface area contributed by atoms with Gasteiger partial charge in [-0.05, 0) is 6.92 Å². The summed E-state index contributed by atoms with van der Waals surface area (Å²) in [6, 6.07) is 0.338. The van der Waals surface area contributed by atoms with Gasteiger partial charge in [-0.15, -0.1) is 11.3 Å². The van der Waals surface area contributed by atoms with Crippen LogP contribution in [0.15, 0.2) is 12.4 Å². The van der Waals surface area contributed by atoms with E-state index in [1.807, 2.05) is 12.4 Å². The summed E-state index contributed by atoms with van der Waals surface area (Å²) in [7, 11) is 0. The first-order valence-electron chi connectivity index (χ1n) is 5.42. The van der Waals surface area contributed by atoms with Crippen LogP contribution in [0.2, 0.25) is 0 Å². The van der Waals surface area contributed by atoms with Gasteiger partial charge < -0.3 is 4.98 Å². The Morgan fingerprint density at radius 1 is 1.62 bits per heavy atom. The van der Waals surface area contributed by atoms with Gasteiger partial charge in [0.2, 0.25) is 0 Å². The van der Waals surface area contributed by atoms with Crippen molar-refractivity contribution < 1.29 is 0 Å². The number of imidazole rings is 1. The Morgan fingerprint density at radius 3 is 3.38 bits per heavy atom. The fraction of sp³-hybridized carbons (Fsp3) is 0.455. The van der Waals surface area contributed by atoms with Gasteiger partial charge in [-0.1, -0.05) is 0 Å². The lowest BCUT2D eigenvalue weighted by Gasteiger charge is -2.30. The second kappa shape index (κ2) is 3.99. The van der Waals surface area contributed by atoms with Crippen LogP contribution in [0.25, 0.3) is 0 Å². The summed E-state index contributed by atoms with van der Waals surface area (Å²) in [5.74, 6) is 1.04. The van der Waals surface area contributed by atoms with Crippen LogP contribution in [0.1, 0.15) is 29.4 Å². The predicted octanol–water partition coefficient (Wildman–Crippen LogP) is 1.79. The fourth-order valence-electron chi connectivity index (χ4n) is 2.10. The maximum Gasteiger partial charge on any atom is 0.152 e. The molecule has 83 valence electrons. The molecule has 5 heteroatoms. The number of aromatic amines is 1. The number of nitrogens with one attached hydrogen (secondary N) is 1. The van der Waals surface area contributed by atoms with E-state index < -0.39 is 0 Å². The lowest BCUT2D eigenvalue weighted by molar-refractivity contribution is 0.187. The first-order valence-corrected chi connectivity index (χ1v) is 6.24. The van der Waals surface area contributed by atoms with E-state index in [-0.39, 0.29) is 0 Å². The van der Waals surface area contributed by atoms with Crippen molar-refractivity contribution >= 4 is 11.3 Å². The van der Waals surface area contributed by atoms with Crippen molar-refractivity contribution in [1.29, 1.82) is 0 Å². The van der Waals surface area contributed by atoms with Crippen molar-refractivity contribution in [2.45, 2.75) is 25.9 Å². The molecule has 3 rings (SSSR count). The van der Waals surface area contributed by atoms with Gasteiger partial charge in [0.25, 0.3) is 0 Å². The second-order valence-corrected chi connectivity index (χ2v) is 4.93. The van der Waals surface area contributed by atoms with E-state index in [1.165, 1.54) is 10.6 Å². The molecule has 1 radical (unpaired) electrons. The van der Waals surface area contributed by atoms with Crippen molar-refractivity contribution in [3.8, 4) is 0 Å². The van der Waals surface area contributed by atoms with E-state index in [0.717, 1.165) is 25.3 Å². The molecule has 1 N–H and O–H groups in total. The highest BCUT2D eigenvalue weighted by Gasteiger charge is 2.24. The van der Waals surface area contributed by atoms with Gasteiger partial charge in [0, 0.05) is 36.8 Å². The quantitative estimate of drug-likeness (QED) is 0.860. The Balaban J connectivity index is 1.79. The maximum atomic E-state index is 4.32. The summed E-state index contributed by atoms with van der Waals surface area (Å²) < 4.78 is 0. The van der Waals surface area contributed by atoms with Gasteiger partial charge in [0.1, 0.15) is 5.82 Å². The molecule has 0 fully saturated rings. The molecule has 0 saturated carbocycles. The minimum Gasteiger partial charge on any atom is -0.347 e. The molecule has 1 aliphatic rings. The van der Waals surface area contributed by atoms with E-state index >= 15 is 0 Å². The zero-order valence-electron chi connectivity index (χ0n) is 9.10. The van der Waals surface area contributed by atoms with Gasteiger partial charge in [-0.25, -0.2) is 9.97 Å². The number of hydrogen-bond donors (Lipinski definition) is 1. The molecule has 1 aliphatic heterocycles. The topological polar surface area (TPSA) is 44.8 Å². The molecule has 0 bridgehead atoms. The van der Waals surface area contributed by atoms with Crippen LogP contribution in [0.4, 0.5) is 0 Å². The average Bonchev–Trinajstić information content (AvgIpc) is 2.98. The number of aromatic nitrogens is 3. The highest BCUT2D eigenvalue weighted by molar-refractivity contribution is 7.09. The van der Waals surface area contributed by atoms with Gasteiger partial charge in [0.15, 0.2) is 5.51 Å². The maximum absolute atomic E-state index is 4.32. The smallest absolute Gasteiger partial charge is 0.152 e. The fourth-order valence-corrected chi connectivity index (χ4v) is 2.86. The van der Waals surface area contributed by atoms with Crippen LogP contribution in [0.3, 0.4) is 0 Å². The van der Waals surface area contributed by atoms with Crippen molar-refractivity contribution in [3.63, 3.8) is 0 Å². The molecule has 2 aromatic rings. The number of thiazole rings is 1. The Hall–Kier alpha value is -1.20. The van der Waals surface area contributed by atoms with Crippen LogP contribution in [-0.2, 0) is 13.0 Å². The number of hydrogen-bond acceptors (Lipinski definition) is 4. The summed E-state index contributed by atoms with van der Waals surface area (Å²) in [6.07, 6.45) is 4.71. The molecule has 1 unspecified atom stereocenters. The number of fused-ring (bicyclic) bond motifs is 1. The molecule has 0 spiro atoms. The highest BCUT2D eigenvalue weighted by atomic mass is 32.1. The molecule has 1 atom stereocenters. The third-order valence-corrected chi connectivity index (χ3v) is 3.91. The number of nitrogens with zero attached hydrogens (tertiary/aromatic N) is 3. The summed E-state index contributed by atoms with van der Waals surface area (Å²) in [4.78, 5) is 15.5. The predicted molar refractivity (Wildman–Crippen MR) is 62.1 cm³/mol. The van der Waals surface area contributed by atoms with Crippen molar-refractivity contribution in [2.75, 3.05) is 6.54 Å². The molecule has 0 aromatic carbocycles. The Morgan fingerprint density at radius 2 is 2.56 bits per heavy atom. The molecule has 0 aliphatic carbocycles. The molecule has 4 nitrogen and oxygen atoms in total. The van der Waals surface area contributed by atoms with Crippen LogP contribution < -0.4 is 0 Å². The van der Waals surface area contributed by atoms with Crippen molar-refractivity contribution in [3.05, 3.63) is 34.3 Å². The highest BCUT2D eigenvalue weighted by Crippen LogP contribution is 2.27. The minimum atomic E-state index is 0.338. The van der Waals surface area contributed by atoms with Gasteiger partial charge >= 0.3 is 0 Å². The summed E-state index contributed by atoms with van der Waals surface area (Å²) in [6.45, 7) is 4.21. The van der Waals surface area contributed by atoms with Crippen LogP contribution in [-0.4, -0.2) is 26.4 Å².